The molecule has 3 aromatic rings. The molecule has 1 aliphatic rings. The monoisotopic (exact) mass is 461 g/mol. The van der Waals surface area contributed by atoms with Crippen molar-refractivity contribution in [2.45, 2.75) is 45.4 Å². The summed E-state index contributed by atoms with van der Waals surface area (Å²) in [7, 11) is 0. The van der Waals surface area contributed by atoms with E-state index in [0.29, 0.717) is 24.5 Å². The zero-order valence-electron chi connectivity index (χ0n) is 19.0. The third kappa shape index (κ3) is 4.81. The average Bonchev–Trinajstić information content (AvgIpc) is 2.79. The first-order valence-corrected chi connectivity index (χ1v) is 11.7. The van der Waals surface area contributed by atoms with Crippen LogP contribution in [0.5, 0.6) is 0 Å². The van der Waals surface area contributed by atoms with Gasteiger partial charge in [0.15, 0.2) is 5.60 Å². The van der Waals surface area contributed by atoms with Crippen molar-refractivity contribution >= 4 is 29.0 Å². The summed E-state index contributed by atoms with van der Waals surface area (Å²) in [5, 5.41) is 0.613. The number of Topliss-reactive ketones (excluding diaryl/α,β-unsaturated/α-hetero) is 1. The van der Waals surface area contributed by atoms with E-state index in [0.717, 1.165) is 22.4 Å². The van der Waals surface area contributed by atoms with Gasteiger partial charge in [0, 0.05) is 20.0 Å². The minimum Gasteiger partial charge on any atom is -0.453 e. The van der Waals surface area contributed by atoms with Crippen LogP contribution < -0.4 is 4.90 Å². The van der Waals surface area contributed by atoms with Crippen LogP contribution in [0.25, 0.3) is 0 Å². The summed E-state index contributed by atoms with van der Waals surface area (Å²) in [6, 6.07) is 26.2. The van der Waals surface area contributed by atoms with Crippen LogP contribution >= 0.6 is 11.6 Å². The van der Waals surface area contributed by atoms with Crippen LogP contribution in [0, 0.1) is 5.92 Å². The molecule has 0 heterocycles. The molecule has 1 aliphatic carbocycles. The van der Waals surface area contributed by atoms with E-state index < -0.39 is 5.60 Å². The van der Waals surface area contributed by atoms with Crippen molar-refractivity contribution in [1.82, 2.24) is 0 Å². The highest BCUT2D eigenvalue weighted by atomic mass is 35.5. The summed E-state index contributed by atoms with van der Waals surface area (Å²) in [5.41, 5.74) is 3.06. The topological polar surface area (TPSA) is 46.6 Å². The molecule has 170 valence electrons. The summed E-state index contributed by atoms with van der Waals surface area (Å²) < 4.78 is 5.82. The fourth-order valence-electron chi connectivity index (χ4n) is 4.77. The summed E-state index contributed by atoms with van der Waals surface area (Å²) in [4.78, 5) is 26.6. The van der Waals surface area contributed by atoms with Crippen LogP contribution in [0.3, 0.4) is 0 Å². The SMILES string of the molecule is CCC1C(=O)CC1(OC(C)=O)c1ccc(Cl)c(N(Cc2ccccc2)Cc2ccccc2)c1. The van der Waals surface area contributed by atoms with E-state index in [1.807, 2.05) is 61.5 Å². The van der Waals surface area contributed by atoms with E-state index in [4.69, 9.17) is 16.3 Å². The smallest absolute Gasteiger partial charge is 0.303 e. The van der Waals surface area contributed by atoms with Gasteiger partial charge in [0.05, 0.1) is 23.0 Å². The van der Waals surface area contributed by atoms with Crippen LogP contribution in [-0.4, -0.2) is 11.8 Å². The Morgan fingerprint density at radius 1 is 1.00 bits per heavy atom. The van der Waals surface area contributed by atoms with Crippen molar-refractivity contribution in [3.05, 3.63) is 101 Å². The first kappa shape index (κ1) is 23.1. The van der Waals surface area contributed by atoms with Crippen molar-refractivity contribution < 1.29 is 14.3 Å². The van der Waals surface area contributed by atoms with Crippen molar-refractivity contribution in [3.8, 4) is 0 Å². The molecule has 0 spiro atoms. The normalized spacial score (nSPS) is 19.6. The molecule has 0 aliphatic heterocycles. The van der Waals surface area contributed by atoms with Gasteiger partial charge in [-0.05, 0) is 35.2 Å². The number of halogens is 1. The molecule has 3 aromatic carbocycles. The maximum atomic E-state index is 12.4. The number of carbonyl (C=O) groups excluding carboxylic acids is 2. The maximum Gasteiger partial charge on any atom is 0.303 e. The minimum absolute atomic E-state index is 0.126. The van der Waals surface area contributed by atoms with Crippen LogP contribution in [0.4, 0.5) is 5.69 Å². The van der Waals surface area contributed by atoms with E-state index in [-0.39, 0.29) is 24.1 Å². The number of anilines is 1. The molecule has 1 fully saturated rings. The number of carbonyl (C=O) groups is 2. The average molecular weight is 462 g/mol. The van der Waals surface area contributed by atoms with Crippen molar-refractivity contribution in [2.24, 2.45) is 5.92 Å². The van der Waals surface area contributed by atoms with Crippen molar-refractivity contribution in [1.29, 1.82) is 0 Å². The number of ketones is 1. The van der Waals surface area contributed by atoms with Crippen LogP contribution in [0.2, 0.25) is 5.02 Å². The van der Waals surface area contributed by atoms with E-state index in [1.54, 1.807) is 0 Å². The van der Waals surface area contributed by atoms with Gasteiger partial charge < -0.3 is 9.64 Å². The highest BCUT2D eigenvalue weighted by Crippen LogP contribution is 2.50. The maximum absolute atomic E-state index is 12.4. The highest BCUT2D eigenvalue weighted by Gasteiger charge is 2.56. The molecule has 0 aromatic heterocycles. The third-order valence-electron chi connectivity index (χ3n) is 6.33. The predicted molar refractivity (Wildman–Crippen MR) is 131 cm³/mol. The first-order valence-electron chi connectivity index (χ1n) is 11.3. The molecule has 1 saturated carbocycles. The van der Waals surface area contributed by atoms with Gasteiger partial charge in [-0.1, -0.05) is 85.3 Å². The van der Waals surface area contributed by atoms with Crippen LogP contribution in [0.15, 0.2) is 78.9 Å². The molecule has 0 saturated heterocycles. The number of hydrogen-bond donors (Lipinski definition) is 0. The van der Waals surface area contributed by atoms with E-state index >= 15 is 0 Å². The number of ether oxygens (including phenoxy) is 1. The molecule has 0 radical (unpaired) electrons. The van der Waals surface area contributed by atoms with Gasteiger partial charge in [0.2, 0.25) is 0 Å². The Bertz CT molecular complexity index is 1090. The van der Waals surface area contributed by atoms with Crippen LogP contribution in [0.1, 0.15) is 43.4 Å². The number of rotatable bonds is 8. The molecule has 4 rings (SSSR count). The zero-order valence-corrected chi connectivity index (χ0v) is 19.7. The molecule has 0 amide bonds. The second-order valence-corrected chi connectivity index (χ2v) is 8.99. The second kappa shape index (κ2) is 9.80. The molecule has 2 unspecified atom stereocenters. The Hall–Kier alpha value is -3.11. The molecular formula is C28H28ClNO3. The van der Waals surface area contributed by atoms with E-state index in [9.17, 15) is 9.59 Å². The Balaban J connectivity index is 1.76. The summed E-state index contributed by atoms with van der Waals surface area (Å²) in [6.07, 6.45) is 0.811. The summed E-state index contributed by atoms with van der Waals surface area (Å²) in [5.74, 6) is -0.601. The number of esters is 1. The fourth-order valence-corrected chi connectivity index (χ4v) is 5.01. The molecule has 2 atom stereocenters. The number of hydrogen-bond acceptors (Lipinski definition) is 4. The summed E-state index contributed by atoms with van der Waals surface area (Å²) >= 11 is 6.72. The number of benzene rings is 3. The predicted octanol–water partition coefficient (Wildman–Crippen LogP) is 6.30. The fraction of sp³-hybridized carbons (Fsp3) is 0.286. The highest BCUT2D eigenvalue weighted by molar-refractivity contribution is 6.33. The van der Waals surface area contributed by atoms with Crippen molar-refractivity contribution in [2.75, 3.05) is 4.90 Å². The molecular weight excluding hydrogens is 434 g/mol. The Morgan fingerprint density at radius 3 is 2.06 bits per heavy atom. The van der Waals surface area contributed by atoms with Gasteiger partial charge in [-0.15, -0.1) is 0 Å². The number of nitrogens with zero attached hydrogens (tertiary/aromatic N) is 1. The second-order valence-electron chi connectivity index (χ2n) is 8.58. The van der Waals surface area contributed by atoms with Gasteiger partial charge >= 0.3 is 5.97 Å². The van der Waals surface area contributed by atoms with Gasteiger partial charge in [0.25, 0.3) is 0 Å². The Morgan fingerprint density at radius 2 is 1.58 bits per heavy atom. The Labute approximate surface area is 200 Å². The van der Waals surface area contributed by atoms with Gasteiger partial charge in [-0.2, -0.15) is 0 Å². The first-order chi connectivity index (χ1) is 15.9. The lowest BCUT2D eigenvalue weighted by Crippen LogP contribution is -2.54. The van der Waals surface area contributed by atoms with Gasteiger partial charge in [-0.3, -0.25) is 9.59 Å². The molecule has 0 N–H and O–H groups in total. The third-order valence-corrected chi connectivity index (χ3v) is 6.65. The molecule has 4 nitrogen and oxygen atoms in total. The Kier molecular flexibility index (Phi) is 6.85. The van der Waals surface area contributed by atoms with Crippen molar-refractivity contribution in [3.63, 3.8) is 0 Å². The van der Waals surface area contributed by atoms with Crippen LogP contribution in [-0.2, 0) is 33.0 Å². The van der Waals surface area contributed by atoms with E-state index in [1.165, 1.54) is 6.92 Å². The molecule has 0 bridgehead atoms. The summed E-state index contributed by atoms with van der Waals surface area (Å²) in [6.45, 7) is 4.67. The lowest BCUT2D eigenvalue weighted by molar-refractivity contribution is -0.186. The lowest BCUT2D eigenvalue weighted by Gasteiger charge is -2.47. The lowest BCUT2D eigenvalue weighted by atomic mass is 9.63. The minimum atomic E-state index is -0.928. The standard InChI is InChI=1S/C28H28ClNO3/c1-3-24-27(32)17-28(24,33-20(2)31)23-14-15-25(29)26(16-23)30(18-21-10-6-4-7-11-21)19-22-12-8-5-9-13-22/h4-16,24H,3,17-19H2,1-2H3. The van der Waals surface area contributed by atoms with Gasteiger partial charge in [0.1, 0.15) is 5.78 Å². The zero-order chi connectivity index (χ0) is 23.4. The largest absolute Gasteiger partial charge is 0.453 e. The quantitative estimate of drug-likeness (QED) is 0.369. The van der Waals surface area contributed by atoms with Gasteiger partial charge in [-0.25, -0.2) is 0 Å². The molecule has 5 heteroatoms. The van der Waals surface area contributed by atoms with E-state index in [2.05, 4.69) is 29.2 Å². The molecule has 33 heavy (non-hydrogen) atoms.